The van der Waals surface area contributed by atoms with Gasteiger partial charge in [-0.1, -0.05) is 5.92 Å². The fraction of sp³-hybridized carbons (Fsp3) is 0. The topological polar surface area (TPSA) is 63.3 Å². The summed E-state index contributed by atoms with van der Waals surface area (Å²) in [5, 5.41) is 8.95. The van der Waals surface area contributed by atoms with Crippen molar-refractivity contribution in [1.29, 1.82) is 0 Å². The predicted molar refractivity (Wildman–Crippen MR) is 44.1 cm³/mol. The molecule has 1 amide bonds. The lowest BCUT2D eigenvalue weighted by Gasteiger charge is -1.94. The quantitative estimate of drug-likeness (QED) is 0.565. The second-order valence-corrected chi connectivity index (χ2v) is 2.28. The summed E-state index contributed by atoms with van der Waals surface area (Å²) in [4.78, 5) is 10.2. The molecule has 1 aromatic carbocycles. The Bertz CT molecular complexity index is 404. The number of aromatic hydroxyl groups is 1. The number of hydrogen-bond acceptors (Lipinski definition) is 2. The molecule has 1 rings (SSSR count). The number of phenolic OH excluding ortho intramolecular Hbond substituents is 1. The van der Waals surface area contributed by atoms with Gasteiger partial charge in [-0.15, -0.1) is 0 Å². The van der Waals surface area contributed by atoms with E-state index in [4.69, 9.17) is 10.8 Å². The second-order valence-electron chi connectivity index (χ2n) is 2.28. The molecule has 0 radical (unpaired) electrons. The van der Waals surface area contributed by atoms with Crippen molar-refractivity contribution >= 4 is 5.91 Å². The van der Waals surface area contributed by atoms with Crippen LogP contribution in [-0.2, 0) is 4.79 Å². The van der Waals surface area contributed by atoms with E-state index in [1.54, 1.807) is 0 Å². The zero-order valence-electron chi connectivity index (χ0n) is 6.54. The van der Waals surface area contributed by atoms with Crippen molar-refractivity contribution in [2.45, 2.75) is 0 Å². The second kappa shape index (κ2) is 3.59. The van der Waals surface area contributed by atoms with Crippen molar-refractivity contribution in [3.8, 4) is 17.6 Å². The highest BCUT2D eigenvalue weighted by Crippen LogP contribution is 2.13. The van der Waals surface area contributed by atoms with Crippen molar-refractivity contribution in [3.05, 3.63) is 29.6 Å². The van der Waals surface area contributed by atoms with Gasteiger partial charge in [-0.2, -0.15) is 0 Å². The molecule has 0 unspecified atom stereocenters. The van der Waals surface area contributed by atoms with Crippen molar-refractivity contribution in [2.24, 2.45) is 5.73 Å². The van der Waals surface area contributed by atoms with Gasteiger partial charge < -0.3 is 10.8 Å². The minimum atomic E-state index is -0.845. The minimum Gasteiger partial charge on any atom is -0.508 e. The van der Waals surface area contributed by atoms with Gasteiger partial charge >= 0.3 is 0 Å². The first-order chi connectivity index (χ1) is 6.09. The summed E-state index contributed by atoms with van der Waals surface area (Å²) in [6.45, 7) is 0. The number of halogens is 1. The average molecular weight is 179 g/mol. The van der Waals surface area contributed by atoms with Gasteiger partial charge in [0.05, 0.1) is 5.56 Å². The Balaban J connectivity index is 3.09. The Kier molecular flexibility index (Phi) is 2.50. The molecule has 0 atom stereocenters. The van der Waals surface area contributed by atoms with Gasteiger partial charge in [0.25, 0.3) is 5.91 Å². The number of nitrogens with two attached hydrogens (primary N) is 1. The molecule has 0 spiro atoms. The van der Waals surface area contributed by atoms with E-state index < -0.39 is 11.7 Å². The van der Waals surface area contributed by atoms with Gasteiger partial charge in [0.15, 0.2) is 0 Å². The molecule has 0 aliphatic carbocycles. The van der Waals surface area contributed by atoms with Gasteiger partial charge in [-0.05, 0) is 18.2 Å². The van der Waals surface area contributed by atoms with Crippen LogP contribution in [-0.4, -0.2) is 11.0 Å². The molecule has 3 nitrogen and oxygen atoms in total. The van der Waals surface area contributed by atoms with Crippen LogP contribution in [0.5, 0.6) is 5.75 Å². The number of carbonyl (C=O) groups excluding carboxylic acids is 1. The van der Waals surface area contributed by atoms with Crippen molar-refractivity contribution in [2.75, 3.05) is 0 Å². The van der Waals surface area contributed by atoms with E-state index in [-0.39, 0.29) is 11.3 Å². The molecule has 4 heteroatoms. The van der Waals surface area contributed by atoms with Crippen molar-refractivity contribution in [1.82, 2.24) is 0 Å². The Hall–Kier alpha value is -2.02. The summed E-state index contributed by atoms with van der Waals surface area (Å²) < 4.78 is 12.9. The highest BCUT2D eigenvalue weighted by atomic mass is 19.1. The van der Waals surface area contributed by atoms with E-state index in [0.717, 1.165) is 12.1 Å². The van der Waals surface area contributed by atoms with Gasteiger partial charge in [0, 0.05) is 5.92 Å². The molecule has 0 fully saturated rings. The number of rotatable bonds is 0. The summed E-state index contributed by atoms with van der Waals surface area (Å²) in [6, 6.07) is 3.36. The van der Waals surface area contributed by atoms with Crippen LogP contribution in [0.1, 0.15) is 5.56 Å². The van der Waals surface area contributed by atoms with Gasteiger partial charge in [-0.25, -0.2) is 4.39 Å². The first kappa shape index (κ1) is 9.07. The lowest BCUT2D eigenvalue weighted by molar-refractivity contribution is -0.112. The molecule has 0 aromatic heterocycles. The molecular weight excluding hydrogens is 173 g/mol. The number of primary amides is 1. The SMILES string of the molecule is NC(=O)C#Cc1cc(O)ccc1F. The van der Waals surface area contributed by atoms with Crippen LogP contribution >= 0.6 is 0 Å². The molecule has 13 heavy (non-hydrogen) atoms. The van der Waals surface area contributed by atoms with Crippen LogP contribution in [0.15, 0.2) is 18.2 Å². The number of benzene rings is 1. The van der Waals surface area contributed by atoms with Crippen LogP contribution in [0.2, 0.25) is 0 Å². The number of amides is 1. The van der Waals surface area contributed by atoms with E-state index in [9.17, 15) is 9.18 Å². The fourth-order valence-electron chi connectivity index (χ4n) is 0.738. The van der Waals surface area contributed by atoms with Crippen molar-refractivity contribution < 1.29 is 14.3 Å². The number of carbonyl (C=O) groups is 1. The zero-order chi connectivity index (χ0) is 9.84. The predicted octanol–water partition coefficient (Wildman–Crippen LogP) is 0.368. The molecular formula is C9H6FNO2. The summed E-state index contributed by atoms with van der Waals surface area (Å²) >= 11 is 0. The molecule has 0 saturated carbocycles. The smallest absolute Gasteiger partial charge is 0.293 e. The van der Waals surface area contributed by atoms with Gasteiger partial charge in [0.2, 0.25) is 0 Å². The van der Waals surface area contributed by atoms with Gasteiger partial charge in [0.1, 0.15) is 11.6 Å². The van der Waals surface area contributed by atoms with Crippen LogP contribution in [0.4, 0.5) is 4.39 Å². The molecule has 1 aromatic rings. The molecule has 0 bridgehead atoms. The Labute approximate surface area is 74.0 Å². The maximum atomic E-state index is 12.9. The minimum absolute atomic E-state index is 0.0567. The molecule has 66 valence electrons. The normalized spacial score (nSPS) is 8.69. The molecule has 0 saturated heterocycles. The Morgan fingerprint density at radius 3 is 2.85 bits per heavy atom. The fourth-order valence-corrected chi connectivity index (χ4v) is 0.738. The van der Waals surface area contributed by atoms with E-state index in [1.165, 1.54) is 6.07 Å². The third-order valence-electron chi connectivity index (χ3n) is 1.27. The van der Waals surface area contributed by atoms with E-state index in [1.807, 2.05) is 5.92 Å². The van der Waals surface area contributed by atoms with Gasteiger partial charge in [-0.3, -0.25) is 4.79 Å². The third-order valence-corrected chi connectivity index (χ3v) is 1.27. The van der Waals surface area contributed by atoms with Crippen molar-refractivity contribution in [3.63, 3.8) is 0 Å². The Morgan fingerprint density at radius 2 is 2.23 bits per heavy atom. The van der Waals surface area contributed by atoms with Crippen LogP contribution in [0, 0.1) is 17.7 Å². The standard InChI is InChI=1S/C9H6FNO2/c10-8-3-2-7(12)5-6(8)1-4-9(11)13/h2-3,5,12H,(H2,11,13). The Morgan fingerprint density at radius 1 is 1.54 bits per heavy atom. The summed E-state index contributed by atoms with van der Waals surface area (Å²) in [5.41, 5.74) is 4.67. The summed E-state index contributed by atoms with van der Waals surface area (Å²) in [6.07, 6.45) is 0. The zero-order valence-corrected chi connectivity index (χ0v) is 6.54. The lowest BCUT2D eigenvalue weighted by atomic mass is 10.2. The molecule has 3 N–H and O–H groups in total. The molecule has 0 aliphatic heterocycles. The van der Waals surface area contributed by atoms with E-state index in [2.05, 4.69) is 5.92 Å². The summed E-state index contributed by atoms with van der Waals surface area (Å²) in [5.74, 6) is 2.60. The molecule has 0 heterocycles. The monoisotopic (exact) mass is 179 g/mol. The van der Waals surface area contributed by atoms with E-state index >= 15 is 0 Å². The first-order valence-corrected chi connectivity index (χ1v) is 3.39. The van der Waals surface area contributed by atoms with Crippen LogP contribution < -0.4 is 5.73 Å². The largest absolute Gasteiger partial charge is 0.508 e. The van der Waals surface area contributed by atoms with E-state index in [0.29, 0.717) is 0 Å². The highest BCUT2D eigenvalue weighted by molar-refractivity contribution is 5.92. The third kappa shape index (κ3) is 2.49. The van der Waals surface area contributed by atoms with Crippen LogP contribution in [0.25, 0.3) is 0 Å². The average Bonchev–Trinajstić information content (AvgIpc) is 2.06. The highest BCUT2D eigenvalue weighted by Gasteiger charge is 1.99. The molecule has 0 aliphatic rings. The van der Waals surface area contributed by atoms with Crippen LogP contribution in [0.3, 0.4) is 0 Å². The number of hydrogen-bond donors (Lipinski definition) is 2. The maximum Gasteiger partial charge on any atom is 0.293 e. The maximum absolute atomic E-state index is 12.9. The summed E-state index contributed by atoms with van der Waals surface area (Å²) in [7, 11) is 0. The lowest BCUT2D eigenvalue weighted by Crippen LogP contribution is -2.06. The first-order valence-electron chi connectivity index (χ1n) is 3.39. The number of phenols is 1.